The summed E-state index contributed by atoms with van der Waals surface area (Å²) in [5.74, 6) is 1.55. The van der Waals surface area contributed by atoms with Crippen molar-refractivity contribution in [2.24, 2.45) is 0 Å². The number of hydrogen-bond acceptors (Lipinski definition) is 5. The van der Waals surface area contributed by atoms with Gasteiger partial charge in [0.25, 0.3) is 0 Å². The van der Waals surface area contributed by atoms with Gasteiger partial charge in [0.1, 0.15) is 0 Å². The van der Waals surface area contributed by atoms with E-state index in [9.17, 15) is 4.79 Å². The zero-order valence-electron chi connectivity index (χ0n) is 16.3. The van der Waals surface area contributed by atoms with Crippen molar-refractivity contribution in [3.63, 3.8) is 0 Å². The van der Waals surface area contributed by atoms with E-state index in [2.05, 4.69) is 36.3 Å². The van der Waals surface area contributed by atoms with E-state index < -0.39 is 0 Å². The quantitative estimate of drug-likeness (QED) is 0.330. The molecule has 2 aliphatic rings. The summed E-state index contributed by atoms with van der Waals surface area (Å²) < 4.78 is 11.0. The van der Waals surface area contributed by atoms with Crippen molar-refractivity contribution >= 4 is 26.4 Å². The second-order valence-corrected chi connectivity index (χ2v) is 8.34. The number of ether oxygens (including phenoxy) is 2. The van der Waals surface area contributed by atoms with Crippen LogP contribution in [-0.4, -0.2) is 48.6 Å². The molecule has 0 spiro atoms. The van der Waals surface area contributed by atoms with Crippen LogP contribution in [0.4, 0.5) is 0 Å². The number of likely N-dealkylation sites (N-methyl/N-ethyl adjacent to an activating group) is 1. The minimum absolute atomic E-state index is 0. The molecule has 3 rings (SSSR count). The van der Waals surface area contributed by atoms with Crippen LogP contribution in [0.3, 0.4) is 0 Å². The van der Waals surface area contributed by atoms with Crippen molar-refractivity contribution < 1.29 is 47.0 Å². The van der Waals surface area contributed by atoms with E-state index in [0.717, 1.165) is 43.7 Å². The van der Waals surface area contributed by atoms with Crippen LogP contribution >= 0.6 is 22.6 Å². The number of hydrogen-bond donors (Lipinski definition) is 1. The van der Waals surface area contributed by atoms with Gasteiger partial charge < -0.3 is 26.6 Å². The maximum Gasteiger partial charge on any atom is 0.176 e. The van der Waals surface area contributed by atoms with E-state index in [1.807, 2.05) is 28.7 Å². The van der Waals surface area contributed by atoms with Crippen molar-refractivity contribution in [1.82, 2.24) is 10.2 Å². The topological polar surface area (TPSA) is 50.8 Å². The van der Waals surface area contributed by atoms with Gasteiger partial charge in [0.05, 0.1) is 14.2 Å². The number of halogens is 1. The molecule has 1 saturated carbocycles. The third-order valence-electron chi connectivity index (χ3n) is 6.00. The Balaban J connectivity index is 0.00000261. The largest absolute Gasteiger partial charge is 0.493 e. The third-order valence-corrected chi connectivity index (χ3v) is 6.76. The Kier molecular flexibility index (Phi) is 8.57. The predicted octanol–water partition coefficient (Wildman–Crippen LogP) is 3.11. The molecule has 7 heteroatoms. The summed E-state index contributed by atoms with van der Waals surface area (Å²) in [7, 11) is 5.55. The first kappa shape index (κ1) is 23.5. The number of nitrogens with one attached hydrogen (secondary N) is 1. The first-order valence-electron chi connectivity index (χ1n) is 8.97. The molecule has 1 aliphatic carbocycles. The first-order chi connectivity index (χ1) is 12.4. The summed E-state index contributed by atoms with van der Waals surface area (Å²) in [5.41, 5.74) is 1.43. The van der Waals surface area contributed by atoms with Gasteiger partial charge in [-0.05, 0) is 66.3 Å². The molecule has 0 amide bonds. The molecule has 2 fully saturated rings. The molecule has 3 atom stereocenters. The van der Waals surface area contributed by atoms with Crippen LogP contribution in [-0.2, 0) is 42.9 Å². The van der Waals surface area contributed by atoms with E-state index in [-0.39, 0.29) is 48.0 Å². The first-order valence-corrected chi connectivity index (χ1v) is 10.1. The molecule has 1 N–H and O–H groups in total. The smallest absolute Gasteiger partial charge is 0.176 e. The van der Waals surface area contributed by atoms with Gasteiger partial charge in [-0.1, -0.05) is 18.5 Å². The van der Waals surface area contributed by atoms with Crippen LogP contribution in [0.25, 0.3) is 0 Å². The zero-order valence-corrected chi connectivity index (χ0v) is 21.3. The van der Waals surface area contributed by atoms with Crippen molar-refractivity contribution in [3.05, 3.63) is 36.7 Å². The summed E-state index contributed by atoms with van der Waals surface area (Å²) in [6.45, 7) is 5.00. The minimum atomic E-state index is -0.370. The van der Waals surface area contributed by atoms with Crippen LogP contribution in [0.2, 0.25) is 0 Å². The number of nitrogens with zero attached hydrogens (tertiary/aromatic N) is 1. The van der Waals surface area contributed by atoms with Crippen molar-refractivity contribution in [1.29, 1.82) is 0 Å². The Morgan fingerprint density at radius 2 is 2.07 bits per heavy atom. The summed E-state index contributed by atoms with van der Waals surface area (Å²) in [5, 5.41) is 3.34. The van der Waals surface area contributed by atoms with Gasteiger partial charge in [-0.15, -0.1) is 6.42 Å². The molecule has 1 aromatic carbocycles. The average molecular weight is 559 g/mol. The normalized spacial score (nSPS) is 26.8. The number of methoxy groups -OCH3 is 2. The molecule has 1 radical (unpaired) electrons. The van der Waals surface area contributed by atoms with E-state index in [1.54, 1.807) is 14.2 Å². The minimum Gasteiger partial charge on any atom is -0.493 e. The standard InChI is InChI=1S/C20H27IN2O3.Y/c1-13(19(21)24)22-15-7-8-20(9-10-23(2)18(20)12-15)14-5-6-16(25-3)17(11-14)26-4;/h5-6,11,13,18,22H,1,7-10,12H2,2-4H3;/q-2;/t13?,18-,20-;/m0./s1. The number of likely N-dealkylation sites (tertiary alicyclic amines) is 1. The van der Waals surface area contributed by atoms with Gasteiger partial charge in [-0.25, -0.2) is 0 Å². The van der Waals surface area contributed by atoms with Crippen molar-refractivity contribution in [2.45, 2.75) is 43.2 Å². The maximum absolute atomic E-state index is 11.5. The van der Waals surface area contributed by atoms with Gasteiger partial charge in [-0.2, -0.15) is 6.42 Å². The number of carbonyl (C=O) groups is 1. The van der Waals surface area contributed by atoms with Crippen LogP contribution < -0.4 is 14.8 Å². The van der Waals surface area contributed by atoms with Crippen LogP contribution in [0, 0.1) is 13.0 Å². The summed E-state index contributed by atoms with van der Waals surface area (Å²) in [6, 6.07) is 7.62. The molecule has 147 valence electrons. The Labute approximate surface area is 201 Å². The zero-order chi connectivity index (χ0) is 18.9. The number of rotatable bonds is 6. The summed E-state index contributed by atoms with van der Waals surface area (Å²) in [4.78, 5) is 14.0. The summed E-state index contributed by atoms with van der Waals surface area (Å²) in [6.07, 6.45) is 4.10. The molecular weight excluding hydrogens is 532 g/mol. The number of benzene rings is 1. The van der Waals surface area contributed by atoms with Gasteiger partial charge in [0, 0.05) is 38.1 Å². The Morgan fingerprint density at radius 1 is 1.37 bits per heavy atom. The SMILES string of the molecule is [CH2-]C(N[C-]1CC[C@@]2(c3ccc(OC)c(OC)c3)CCN(C)[C@H]2C1)C(=O)I.[Y]. The second-order valence-electron chi connectivity index (χ2n) is 7.28. The van der Waals surface area contributed by atoms with Gasteiger partial charge in [0.2, 0.25) is 0 Å². The van der Waals surface area contributed by atoms with E-state index in [1.165, 1.54) is 11.6 Å². The van der Waals surface area contributed by atoms with E-state index in [4.69, 9.17) is 9.47 Å². The van der Waals surface area contributed by atoms with Crippen LogP contribution in [0.1, 0.15) is 31.2 Å². The van der Waals surface area contributed by atoms with E-state index >= 15 is 0 Å². The van der Waals surface area contributed by atoms with E-state index in [0.29, 0.717) is 6.04 Å². The molecule has 1 unspecified atom stereocenters. The van der Waals surface area contributed by atoms with Crippen LogP contribution in [0.15, 0.2) is 18.2 Å². The Morgan fingerprint density at radius 3 is 2.70 bits per heavy atom. The van der Waals surface area contributed by atoms with Crippen molar-refractivity contribution in [3.8, 4) is 11.5 Å². The van der Waals surface area contributed by atoms with Gasteiger partial charge in [0.15, 0.2) is 15.3 Å². The molecule has 5 nitrogen and oxygen atoms in total. The molecule has 0 aromatic heterocycles. The molecule has 1 saturated heterocycles. The third kappa shape index (κ3) is 4.71. The fourth-order valence-electron chi connectivity index (χ4n) is 4.53. The maximum atomic E-state index is 11.5. The fraction of sp³-hybridized carbons (Fsp3) is 0.550. The Hall–Kier alpha value is 0.244. The molecular formula is C20H27IN2O3Y-2. The number of carbonyl (C=O) groups excluding carboxylic acids is 1. The fourth-order valence-corrected chi connectivity index (χ4v) is 4.69. The van der Waals surface area contributed by atoms with Gasteiger partial charge >= 0.3 is 0 Å². The van der Waals surface area contributed by atoms with Crippen molar-refractivity contribution in [2.75, 3.05) is 27.8 Å². The molecule has 27 heavy (non-hydrogen) atoms. The average Bonchev–Trinajstić information content (AvgIpc) is 2.98. The second kappa shape index (κ2) is 9.83. The summed E-state index contributed by atoms with van der Waals surface area (Å²) >= 11 is 1.81. The number of fused-ring (bicyclic) bond motifs is 1. The predicted molar refractivity (Wildman–Crippen MR) is 111 cm³/mol. The van der Waals surface area contributed by atoms with Gasteiger partial charge in [-0.3, -0.25) is 10.8 Å². The molecule has 1 aromatic rings. The molecule has 0 bridgehead atoms. The molecule has 1 heterocycles. The Bertz CT molecular complexity index is 675. The van der Waals surface area contributed by atoms with Crippen LogP contribution in [0.5, 0.6) is 11.5 Å². The monoisotopic (exact) mass is 559 g/mol. The molecule has 1 aliphatic heterocycles.